The van der Waals surface area contributed by atoms with Crippen LogP contribution in [0.2, 0.25) is 0 Å². The van der Waals surface area contributed by atoms with Crippen LogP contribution in [0.15, 0.2) is 169 Å². The third-order valence-corrected chi connectivity index (χ3v) is 9.55. The summed E-state index contributed by atoms with van der Waals surface area (Å²) in [6, 6.07) is 55.5. The van der Waals surface area contributed by atoms with Gasteiger partial charge in [-0.25, -0.2) is 9.67 Å². The van der Waals surface area contributed by atoms with E-state index in [1.165, 1.54) is 0 Å². The fourth-order valence-corrected chi connectivity index (χ4v) is 7.18. The molecule has 7 heteroatoms. The number of tetrazole rings is 1. The molecule has 8 aromatic rings. The number of rotatable bonds is 10. The van der Waals surface area contributed by atoms with Gasteiger partial charge in [0.25, 0.3) is 5.56 Å². The van der Waals surface area contributed by atoms with Gasteiger partial charge in [0, 0.05) is 12.0 Å². The minimum absolute atomic E-state index is 0.0101. The van der Waals surface area contributed by atoms with E-state index in [9.17, 15) is 4.79 Å². The van der Waals surface area contributed by atoms with Crippen molar-refractivity contribution in [1.29, 1.82) is 0 Å². The lowest BCUT2D eigenvalue weighted by molar-refractivity contribution is 0.451. The Labute approximate surface area is 296 Å². The first-order chi connectivity index (χ1) is 25.2. The highest BCUT2D eigenvalue weighted by Gasteiger charge is 2.42. The Morgan fingerprint density at radius 3 is 1.76 bits per heavy atom. The van der Waals surface area contributed by atoms with Gasteiger partial charge in [0.05, 0.1) is 17.4 Å². The minimum atomic E-state index is -0.864. The zero-order valence-corrected chi connectivity index (χ0v) is 28.3. The van der Waals surface area contributed by atoms with Crippen molar-refractivity contribution in [2.75, 3.05) is 0 Å². The van der Waals surface area contributed by atoms with E-state index in [1.54, 1.807) is 0 Å². The van der Waals surface area contributed by atoms with Gasteiger partial charge in [0.15, 0.2) is 5.82 Å². The summed E-state index contributed by atoms with van der Waals surface area (Å²) in [6.45, 7) is 2.55. The largest absolute Gasteiger partial charge is 0.292 e. The lowest BCUT2D eigenvalue weighted by Gasteiger charge is -2.36. The molecule has 0 unspecified atom stereocenters. The van der Waals surface area contributed by atoms with Crippen LogP contribution in [-0.2, 0) is 18.5 Å². The first-order valence-corrected chi connectivity index (χ1v) is 17.3. The molecule has 51 heavy (non-hydrogen) atoms. The SMILES string of the molecule is CCCc1nc2ccccc2c(=O)n1Cc1ccc(-c2ccccc2-c2nnnn2C(c2ccccc2)(c2ccccc2)c2ccccc2)cc1. The number of benzene rings is 6. The van der Waals surface area contributed by atoms with Crippen LogP contribution in [0.4, 0.5) is 0 Å². The van der Waals surface area contributed by atoms with Gasteiger partial charge in [-0.3, -0.25) is 9.36 Å². The molecule has 0 aliphatic heterocycles. The second kappa shape index (κ2) is 13.8. The Morgan fingerprint density at radius 2 is 1.16 bits per heavy atom. The predicted octanol–water partition coefficient (Wildman–Crippen LogP) is 8.56. The number of nitrogens with zero attached hydrogens (tertiary/aromatic N) is 6. The summed E-state index contributed by atoms with van der Waals surface area (Å²) in [6.07, 6.45) is 1.64. The third-order valence-electron chi connectivity index (χ3n) is 9.55. The van der Waals surface area contributed by atoms with Crippen molar-refractivity contribution in [3.63, 3.8) is 0 Å². The van der Waals surface area contributed by atoms with Crippen LogP contribution in [0.5, 0.6) is 0 Å². The van der Waals surface area contributed by atoms with Crippen LogP contribution in [0.25, 0.3) is 33.4 Å². The smallest absolute Gasteiger partial charge is 0.261 e. The average molecular weight is 665 g/mol. The molecule has 0 amide bonds. The molecule has 0 N–H and O–H groups in total. The Bertz CT molecular complexity index is 2380. The van der Waals surface area contributed by atoms with Gasteiger partial charge in [-0.05, 0) is 62.4 Å². The number of hydrogen-bond acceptors (Lipinski definition) is 5. The number of para-hydroxylation sites is 1. The molecule has 0 aliphatic rings. The van der Waals surface area contributed by atoms with Gasteiger partial charge >= 0.3 is 0 Å². The number of fused-ring (bicyclic) bond motifs is 1. The summed E-state index contributed by atoms with van der Waals surface area (Å²) in [5.41, 5.74) is 6.94. The van der Waals surface area contributed by atoms with E-state index in [1.807, 2.05) is 63.8 Å². The molecular weight excluding hydrogens is 629 g/mol. The van der Waals surface area contributed by atoms with E-state index in [-0.39, 0.29) is 5.56 Å². The summed E-state index contributed by atoms with van der Waals surface area (Å²) in [5, 5.41) is 14.4. The highest BCUT2D eigenvalue weighted by atomic mass is 16.1. The maximum atomic E-state index is 13.6. The van der Waals surface area contributed by atoms with Gasteiger partial charge < -0.3 is 0 Å². The average Bonchev–Trinajstić information content (AvgIpc) is 3.68. The summed E-state index contributed by atoms with van der Waals surface area (Å²) in [5.74, 6) is 1.45. The molecule has 248 valence electrons. The number of aryl methyl sites for hydroxylation is 1. The van der Waals surface area contributed by atoms with E-state index in [0.29, 0.717) is 17.8 Å². The molecule has 0 atom stereocenters. The van der Waals surface area contributed by atoms with E-state index in [2.05, 4.69) is 121 Å². The molecule has 2 aromatic heterocycles. The molecular formula is C44H36N6O. The van der Waals surface area contributed by atoms with Crippen molar-refractivity contribution >= 4 is 10.9 Å². The summed E-state index contributed by atoms with van der Waals surface area (Å²) in [7, 11) is 0. The Morgan fingerprint density at radius 1 is 0.608 bits per heavy atom. The van der Waals surface area contributed by atoms with Gasteiger partial charge in [0.1, 0.15) is 11.4 Å². The molecule has 2 heterocycles. The van der Waals surface area contributed by atoms with Crippen LogP contribution in [-0.4, -0.2) is 29.8 Å². The van der Waals surface area contributed by atoms with Gasteiger partial charge in [-0.2, -0.15) is 0 Å². The van der Waals surface area contributed by atoms with Crippen molar-refractivity contribution in [3.05, 3.63) is 202 Å². The Balaban J connectivity index is 1.24. The molecule has 0 saturated heterocycles. The monoisotopic (exact) mass is 664 g/mol. The molecule has 7 nitrogen and oxygen atoms in total. The van der Waals surface area contributed by atoms with Crippen molar-refractivity contribution in [1.82, 2.24) is 29.8 Å². The van der Waals surface area contributed by atoms with Crippen molar-refractivity contribution in [3.8, 4) is 22.5 Å². The molecule has 0 radical (unpaired) electrons. The minimum Gasteiger partial charge on any atom is -0.292 e. The first-order valence-electron chi connectivity index (χ1n) is 17.3. The van der Waals surface area contributed by atoms with Crippen LogP contribution in [0, 0.1) is 0 Å². The van der Waals surface area contributed by atoms with Crippen LogP contribution in [0.3, 0.4) is 0 Å². The third kappa shape index (κ3) is 5.72. The maximum Gasteiger partial charge on any atom is 0.261 e. The Kier molecular flexibility index (Phi) is 8.60. The number of aromatic nitrogens is 6. The maximum absolute atomic E-state index is 13.6. The van der Waals surface area contributed by atoms with Crippen molar-refractivity contribution < 1.29 is 0 Å². The van der Waals surface area contributed by atoms with Gasteiger partial charge in [-0.1, -0.05) is 159 Å². The van der Waals surface area contributed by atoms with E-state index < -0.39 is 5.54 Å². The van der Waals surface area contributed by atoms with Crippen molar-refractivity contribution in [2.24, 2.45) is 0 Å². The summed E-state index contributed by atoms with van der Waals surface area (Å²) >= 11 is 0. The zero-order valence-electron chi connectivity index (χ0n) is 28.3. The first kappa shape index (κ1) is 31.8. The molecule has 0 spiro atoms. The van der Waals surface area contributed by atoms with E-state index in [0.717, 1.165) is 63.1 Å². The molecule has 0 bridgehead atoms. The second-order valence-corrected chi connectivity index (χ2v) is 12.7. The standard InChI is InChI=1S/C44H36N6O/c1-2-16-41-45-40-26-15-14-25-39(40)43(51)49(41)31-32-27-29-33(30-28-32)37-23-12-13-24-38(37)42-46-47-48-50(42)44(34-17-6-3-7-18-34,35-19-8-4-9-20-35)36-21-10-5-11-22-36/h3-15,17-30H,2,16,31H2,1H3. The summed E-state index contributed by atoms with van der Waals surface area (Å²) in [4.78, 5) is 18.5. The highest BCUT2D eigenvalue weighted by Crippen LogP contribution is 2.43. The fraction of sp³-hybridized carbons (Fsp3) is 0.114. The van der Waals surface area contributed by atoms with Crippen LogP contribution < -0.4 is 5.56 Å². The molecule has 0 saturated carbocycles. The molecule has 6 aromatic carbocycles. The highest BCUT2D eigenvalue weighted by molar-refractivity contribution is 5.81. The topological polar surface area (TPSA) is 78.5 Å². The molecule has 0 aliphatic carbocycles. The quantitative estimate of drug-likeness (QED) is 0.137. The zero-order chi connectivity index (χ0) is 34.6. The van der Waals surface area contributed by atoms with Crippen molar-refractivity contribution in [2.45, 2.75) is 31.8 Å². The van der Waals surface area contributed by atoms with Crippen LogP contribution in [0.1, 0.15) is 41.4 Å². The normalized spacial score (nSPS) is 11.5. The Hall–Kier alpha value is -6.47. The second-order valence-electron chi connectivity index (χ2n) is 12.7. The molecule has 8 rings (SSSR count). The van der Waals surface area contributed by atoms with E-state index >= 15 is 0 Å². The predicted molar refractivity (Wildman–Crippen MR) is 202 cm³/mol. The van der Waals surface area contributed by atoms with Crippen LogP contribution >= 0.6 is 0 Å². The lowest BCUT2D eigenvalue weighted by Crippen LogP contribution is -2.39. The lowest BCUT2D eigenvalue weighted by atomic mass is 9.77. The fourth-order valence-electron chi connectivity index (χ4n) is 7.18. The van der Waals surface area contributed by atoms with Gasteiger partial charge in [-0.15, -0.1) is 5.10 Å². The van der Waals surface area contributed by atoms with E-state index in [4.69, 9.17) is 15.3 Å². The van der Waals surface area contributed by atoms with Gasteiger partial charge in [0.2, 0.25) is 0 Å². The molecule has 0 fully saturated rings. The summed E-state index contributed by atoms with van der Waals surface area (Å²) < 4.78 is 3.79. The number of hydrogen-bond donors (Lipinski definition) is 0.